The molecular weight excluding hydrogens is 396 g/mol. The molecule has 1 atom stereocenters. The van der Waals surface area contributed by atoms with E-state index in [1.807, 2.05) is 55.5 Å². The highest BCUT2D eigenvalue weighted by Crippen LogP contribution is 2.31. The van der Waals surface area contributed by atoms with Crippen molar-refractivity contribution in [1.29, 1.82) is 0 Å². The van der Waals surface area contributed by atoms with Gasteiger partial charge in [-0.05, 0) is 36.8 Å². The van der Waals surface area contributed by atoms with Crippen LogP contribution < -0.4 is 15.0 Å². The molecule has 1 unspecified atom stereocenters. The predicted octanol–water partition coefficient (Wildman–Crippen LogP) is 3.83. The molecule has 136 valence electrons. The minimum absolute atomic E-state index is 0.0639. The van der Waals surface area contributed by atoms with Gasteiger partial charge in [-0.1, -0.05) is 40.2 Å². The highest BCUT2D eigenvalue weighted by molar-refractivity contribution is 9.10. The fraction of sp³-hybridized carbons (Fsp3) is 0.300. The Morgan fingerprint density at radius 2 is 2.00 bits per heavy atom. The molecule has 2 aromatic rings. The third-order valence-corrected chi connectivity index (χ3v) is 4.81. The number of carbonyl (C=O) groups is 2. The zero-order valence-corrected chi connectivity index (χ0v) is 16.2. The molecule has 0 fully saturated rings. The summed E-state index contributed by atoms with van der Waals surface area (Å²) in [6, 6.07) is 15.2. The number of amides is 2. The van der Waals surface area contributed by atoms with Gasteiger partial charge in [0.15, 0.2) is 0 Å². The quantitative estimate of drug-likeness (QED) is 0.805. The van der Waals surface area contributed by atoms with E-state index in [1.165, 1.54) is 0 Å². The molecule has 0 saturated heterocycles. The second-order valence-corrected chi connectivity index (χ2v) is 7.12. The normalized spacial score (nSPS) is 14.2. The number of nitrogens with one attached hydrogen (secondary N) is 1. The maximum absolute atomic E-state index is 12.5. The van der Waals surface area contributed by atoms with E-state index in [4.69, 9.17) is 4.74 Å². The number of anilines is 1. The molecule has 2 aromatic carbocycles. The van der Waals surface area contributed by atoms with Crippen LogP contribution in [0.15, 0.2) is 53.0 Å². The summed E-state index contributed by atoms with van der Waals surface area (Å²) in [5.41, 5.74) is 1.79. The molecule has 1 N–H and O–H groups in total. The fourth-order valence-electron chi connectivity index (χ4n) is 2.96. The second kappa shape index (κ2) is 8.36. The van der Waals surface area contributed by atoms with Gasteiger partial charge in [-0.25, -0.2) is 0 Å². The smallest absolute Gasteiger partial charge is 0.227 e. The lowest BCUT2D eigenvalue weighted by Crippen LogP contribution is -2.38. The number of ether oxygens (including phenoxy) is 1. The molecule has 0 spiro atoms. The van der Waals surface area contributed by atoms with Crippen molar-refractivity contribution >= 4 is 33.4 Å². The summed E-state index contributed by atoms with van der Waals surface area (Å²) < 4.78 is 6.53. The highest BCUT2D eigenvalue weighted by Gasteiger charge is 2.23. The van der Waals surface area contributed by atoms with Crippen molar-refractivity contribution in [2.75, 3.05) is 18.1 Å². The maximum atomic E-state index is 12.5. The lowest BCUT2D eigenvalue weighted by atomic mass is 10.1. The topological polar surface area (TPSA) is 58.6 Å². The summed E-state index contributed by atoms with van der Waals surface area (Å²) >= 11 is 3.43. The minimum atomic E-state index is -0.132. The molecular formula is C20H21BrN2O3. The number of hydrogen-bond donors (Lipinski definition) is 1. The number of para-hydroxylation sites is 2. The largest absolute Gasteiger partial charge is 0.490 e. The van der Waals surface area contributed by atoms with Crippen LogP contribution in [0.25, 0.3) is 0 Å². The molecule has 3 rings (SSSR count). The first-order chi connectivity index (χ1) is 12.5. The molecule has 0 radical (unpaired) electrons. The van der Waals surface area contributed by atoms with Crippen molar-refractivity contribution in [3.8, 4) is 5.75 Å². The molecule has 2 amide bonds. The zero-order chi connectivity index (χ0) is 18.5. The van der Waals surface area contributed by atoms with Gasteiger partial charge in [-0.2, -0.15) is 0 Å². The number of benzene rings is 2. The van der Waals surface area contributed by atoms with Gasteiger partial charge in [0.05, 0.1) is 18.3 Å². The van der Waals surface area contributed by atoms with E-state index < -0.39 is 0 Å². The summed E-state index contributed by atoms with van der Waals surface area (Å²) in [5, 5.41) is 2.95. The number of carbonyl (C=O) groups excluding carboxylic acids is 2. The SMILES string of the molecule is CC(NC(=O)CCC(=O)N1CCOc2ccccc21)c1cccc(Br)c1. The van der Waals surface area contributed by atoms with Crippen LogP contribution in [0.2, 0.25) is 0 Å². The highest BCUT2D eigenvalue weighted by atomic mass is 79.9. The first-order valence-electron chi connectivity index (χ1n) is 8.61. The standard InChI is InChI=1S/C20H21BrN2O3/c1-14(15-5-4-6-16(21)13-15)22-19(24)9-10-20(25)23-11-12-26-18-8-3-2-7-17(18)23/h2-8,13-14H,9-12H2,1H3,(H,22,24). The van der Waals surface area contributed by atoms with Crippen LogP contribution in [0.3, 0.4) is 0 Å². The van der Waals surface area contributed by atoms with Crippen LogP contribution in [-0.4, -0.2) is 25.0 Å². The summed E-state index contributed by atoms with van der Waals surface area (Å²) in [5.74, 6) is 0.512. The lowest BCUT2D eigenvalue weighted by molar-refractivity contribution is -0.125. The Bertz CT molecular complexity index is 809. The van der Waals surface area contributed by atoms with E-state index in [-0.39, 0.29) is 30.7 Å². The first-order valence-corrected chi connectivity index (χ1v) is 9.41. The van der Waals surface area contributed by atoms with Gasteiger partial charge < -0.3 is 15.0 Å². The Labute approximate surface area is 161 Å². The Kier molecular flexibility index (Phi) is 5.93. The first kappa shape index (κ1) is 18.5. The summed E-state index contributed by atoms with van der Waals surface area (Å²) in [6.45, 7) is 2.90. The maximum Gasteiger partial charge on any atom is 0.227 e. The van der Waals surface area contributed by atoms with Crippen molar-refractivity contribution in [3.63, 3.8) is 0 Å². The molecule has 0 bridgehead atoms. The van der Waals surface area contributed by atoms with Gasteiger partial charge >= 0.3 is 0 Å². The van der Waals surface area contributed by atoms with Gasteiger partial charge in [-0.15, -0.1) is 0 Å². The molecule has 26 heavy (non-hydrogen) atoms. The minimum Gasteiger partial charge on any atom is -0.490 e. The van der Waals surface area contributed by atoms with Crippen LogP contribution in [-0.2, 0) is 9.59 Å². The van der Waals surface area contributed by atoms with Crippen molar-refractivity contribution in [2.24, 2.45) is 0 Å². The number of fused-ring (bicyclic) bond motifs is 1. The Morgan fingerprint density at radius 3 is 2.81 bits per heavy atom. The molecule has 0 aromatic heterocycles. The fourth-order valence-corrected chi connectivity index (χ4v) is 3.37. The Morgan fingerprint density at radius 1 is 1.19 bits per heavy atom. The predicted molar refractivity (Wildman–Crippen MR) is 104 cm³/mol. The van der Waals surface area contributed by atoms with E-state index in [9.17, 15) is 9.59 Å². The van der Waals surface area contributed by atoms with Crippen molar-refractivity contribution in [1.82, 2.24) is 5.32 Å². The third kappa shape index (κ3) is 4.43. The molecule has 1 aliphatic rings. The van der Waals surface area contributed by atoms with Gasteiger partial charge in [0.25, 0.3) is 0 Å². The van der Waals surface area contributed by atoms with E-state index in [1.54, 1.807) is 4.90 Å². The van der Waals surface area contributed by atoms with Crippen LogP contribution >= 0.6 is 15.9 Å². The third-order valence-electron chi connectivity index (χ3n) is 4.32. The van der Waals surface area contributed by atoms with Crippen LogP contribution in [0.5, 0.6) is 5.75 Å². The number of hydrogen-bond acceptors (Lipinski definition) is 3. The molecule has 0 saturated carbocycles. The van der Waals surface area contributed by atoms with Crippen molar-refractivity contribution in [3.05, 3.63) is 58.6 Å². The number of rotatable bonds is 5. The van der Waals surface area contributed by atoms with Crippen molar-refractivity contribution in [2.45, 2.75) is 25.8 Å². The molecule has 1 aliphatic heterocycles. The Hall–Kier alpha value is -2.34. The van der Waals surface area contributed by atoms with E-state index in [0.717, 1.165) is 15.7 Å². The van der Waals surface area contributed by atoms with Crippen LogP contribution in [0.4, 0.5) is 5.69 Å². The number of halogens is 1. The molecule has 6 heteroatoms. The molecule has 0 aliphatic carbocycles. The van der Waals surface area contributed by atoms with Gasteiger partial charge in [0, 0.05) is 17.3 Å². The second-order valence-electron chi connectivity index (χ2n) is 6.21. The van der Waals surface area contributed by atoms with E-state index in [2.05, 4.69) is 21.2 Å². The summed E-state index contributed by atoms with van der Waals surface area (Å²) in [4.78, 5) is 26.5. The summed E-state index contributed by atoms with van der Waals surface area (Å²) in [6.07, 6.45) is 0.335. The monoisotopic (exact) mass is 416 g/mol. The van der Waals surface area contributed by atoms with E-state index >= 15 is 0 Å². The lowest BCUT2D eigenvalue weighted by Gasteiger charge is -2.29. The summed E-state index contributed by atoms with van der Waals surface area (Å²) in [7, 11) is 0. The average molecular weight is 417 g/mol. The van der Waals surface area contributed by atoms with Crippen LogP contribution in [0.1, 0.15) is 31.4 Å². The van der Waals surface area contributed by atoms with Crippen LogP contribution in [0, 0.1) is 0 Å². The molecule has 5 nitrogen and oxygen atoms in total. The van der Waals surface area contributed by atoms with Crippen molar-refractivity contribution < 1.29 is 14.3 Å². The van der Waals surface area contributed by atoms with Gasteiger partial charge in [-0.3, -0.25) is 9.59 Å². The molecule has 1 heterocycles. The van der Waals surface area contributed by atoms with Gasteiger partial charge in [0.1, 0.15) is 12.4 Å². The average Bonchev–Trinajstić information content (AvgIpc) is 2.65. The van der Waals surface area contributed by atoms with Gasteiger partial charge in [0.2, 0.25) is 11.8 Å². The number of nitrogens with zero attached hydrogens (tertiary/aromatic N) is 1. The van der Waals surface area contributed by atoms with E-state index in [0.29, 0.717) is 18.9 Å². The zero-order valence-electron chi connectivity index (χ0n) is 14.6. The Balaban J connectivity index is 1.54.